The molecule has 1 aromatic heterocycles. The summed E-state index contributed by atoms with van der Waals surface area (Å²) in [7, 11) is 0. The Morgan fingerprint density at radius 1 is 1.12 bits per heavy atom. The molecule has 0 bridgehead atoms. The lowest BCUT2D eigenvalue weighted by atomic mass is 10.1. The highest BCUT2D eigenvalue weighted by molar-refractivity contribution is 7.17. The van der Waals surface area contributed by atoms with Gasteiger partial charge in [0.2, 0.25) is 5.91 Å². The van der Waals surface area contributed by atoms with Crippen LogP contribution in [0.4, 0.5) is 5.69 Å². The second kappa shape index (κ2) is 9.53. The highest BCUT2D eigenvalue weighted by atomic mass is 32.1. The fourth-order valence-corrected chi connectivity index (χ4v) is 4.36. The van der Waals surface area contributed by atoms with Gasteiger partial charge in [-0.1, -0.05) is 12.1 Å². The van der Waals surface area contributed by atoms with Crippen molar-refractivity contribution in [2.24, 2.45) is 5.92 Å². The van der Waals surface area contributed by atoms with Gasteiger partial charge in [0, 0.05) is 17.2 Å². The van der Waals surface area contributed by atoms with Crippen molar-refractivity contribution in [1.82, 2.24) is 10.3 Å². The summed E-state index contributed by atoms with van der Waals surface area (Å²) in [5.41, 5.74) is 3.42. The van der Waals surface area contributed by atoms with Gasteiger partial charge in [-0.15, -0.1) is 11.3 Å². The van der Waals surface area contributed by atoms with E-state index in [9.17, 15) is 9.59 Å². The van der Waals surface area contributed by atoms with Gasteiger partial charge in [0.15, 0.2) is 0 Å². The highest BCUT2D eigenvalue weighted by Crippen LogP contribution is 2.31. The van der Waals surface area contributed by atoms with E-state index in [2.05, 4.69) is 15.6 Å². The minimum absolute atomic E-state index is 0.0862. The molecule has 2 N–H and O–H groups in total. The van der Waals surface area contributed by atoms with Crippen molar-refractivity contribution in [3.05, 3.63) is 64.7 Å². The molecule has 0 radical (unpaired) electrons. The van der Waals surface area contributed by atoms with Crippen LogP contribution in [0.25, 0.3) is 10.6 Å². The predicted molar refractivity (Wildman–Crippen MR) is 127 cm³/mol. The molecule has 6 nitrogen and oxygen atoms in total. The lowest BCUT2D eigenvalue weighted by Crippen LogP contribution is -2.26. The number of rotatable bonds is 8. The highest BCUT2D eigenvalue weighted by Gasteiger charge is 2.29. The fraction of sp³-hybridized carbons (Fsp3) is 0.320. The van der Waals surface area contributed by atoms with Crippen molar-refractivity contribution < 1.29 is 14.3 Å². The monoisotopic (exact) mass is 449 g/mol. The predicted octanol–water partition coefficient (Wildman–Crippen LogP) is 5.36. The Bertz CT molecular complexity index is 1100. The number of benzene rings is 2. The molecular weight excluding hydrogens is 422 g/mol. The number of ether oxygens (including phenoxy) is 1. The molecule has 1 atom stereocenters. The molecule has 2 aromatic carbocycles. The summed E-state index contributed by atoms with van der Waals surface area (Å²) < 4.78 is 5.49. The van der Waals surface area contributed by atoms with E-state index in [-0.39, 0.29) is 23.8 Å². The Morgan fingerprint density at radius 3 is 2.44 bits per heavy atom. The Labute approximate surface area is 192 Å². The topological polar surface area (TPSA) is 80.3 Å². The van der Waals surface area contributed by atoms with E-state index in [4.69, 9.17) is 4.74 Å². The van der Waals surface area contributed by atoms with Crippen molar-refractivity contribution in [3.8, 4) is 16.3 Å². The van der Waals surface area contributed by atoms with Gasteiger partial charge in [-0.2, -0.15) is 0 Å². The average molecular weight is 450 g/mol. The third kappa shape index (κ3) is 5.16. The standard InChI is InChI=1S/C25H27N3O3S/c1-4-31-21-13-9-19(10-14-21)25-27-16(3)22(32-25)24(30)26-15(2)17-7-11-20(12-8-17)28-23(29)18-5-6-18/h7-15,18H,4-6H2,1-3H3,(H,26,30)(H,28,29). The van der Waals surface area contributed by atoms with Gasteiger partial charge in [-0.25, -0.2) is 4.98 Å². The number of hydrogen-bond donors (Lipinski definition) is 2. The second-order valence-electron chi connectivity index (χ2n) is 7.97. The Hall–Kier alpha value is -3.19. The SMILES string of the molecule is CCOc1ccc(-c2nc(C)c(C(=O)NC(C)c3ccc(NC(=O)C4CC4)cc3)s2)cc1. The first-order chi connectivity index (χ1) is 15.4. The van der Waals surface area contributed by atoms with Gasteiger partial charge < -0.3 is 15.4 Å². The van der Waals surface area contributed by atoms with Crippen LogP contribution >= 0.6 is 11.3 Å². The summed E-state index contributed by atoms with van der Waals surface area (Å²) in [5, 5.41) is 6.79. The fourth-order valence-electron chi connectivity index (χ4n) is 3.38. The lowest BCUT2D eigenvalue weighted by Gasteiger charge is -2.14. The number of carbonyl (C=O) groups excluding carboxylic acids is 2. The number of amides is 2. The zero-order valence-corrected chi connectivity index (χ0v) is 19.3. The van der Waals surface area contributed by atoms with Crippen LogP contribution in [-0.2, 0) is 4.79 Å². The van der Waals surface area contributed by atoms with Crippen LogP contribution in [-0.4, -0.2) is 23.4 Å². The van der Waals surface area contributed by atoms with Crippen molar-refractivity contribution >= 4 is 28.8 Å². The third-order valence-electron chi connectivity index (χ3n) is 5.39. The minimum atomic E-state index is -0.175. The number of carbonyl (C=O) groups is 2. The van der Waals surface area contributed by atoms with E-state index in [1.54, 1.807) is 0 Å². The van der Waals surface area contributed by atoms with Crippen LogP contribution in [0.15, 0.2) is 48.5 Å². The second-order valence-corrected chi connectivity index (χ2v) is 8.97. The molecule has 166 valence electrons. The van der Waals surface area contributed by atoms with Crippen molar-refractivity contribution in [2.45, 2.75) is 39.7 Å². The molecule has 3 aromatic rings. The molecule has 7 heteroatoms. The molecule has 1 heterocycles. The molecule has 4 rings (SSSR count). The van der Waals surface area contributed by atoms with Gasteiger partial charge in [0.05, 0.1) is 18.3 Å². The Kier molecular flexibility index (Phi) is 6.55. The largest absolute Gasteiger partial charge is 0.494 e. The number of hydrogen-bond acceptors (Lipinski definition) is 5. The van der Waals surface area contributed by atoms with Crippen molar-refractivity contribution in [3.63, 3.8) is 0 Å². The van der Waals surface area contributed by atoms with E-state index >= 15 is 0 Å². The van der Waals surface area contributed by atoms with Crippen LogP contribution in [0.1, 0.15) is 53.7 Å². The number of thiazole rings is 1. The number of aromatic nitrogens is 1. The maximum Gasteiger partial charge on any atom is 0.263 e. The van der Waals surface area contributed by atoms with Crippen LogP contribution < -0.4 is 15.4 Å². The quantitative estimate of drug-likeness (QED) is 0.485. The summed E-state index contributed by atoms with van der Waals surface area (Å²) in [4.78, 5) is 30.0. The maximum atomic E-state index is 12.9. The number of aryl methyl sites for hydroxylation is 1. The van der Waals surface area contributed by atoms with E-state index < -0.39 is 0 Å². The van der Waals surface area contributed by atoms with Gasteiger partial charge in [-0.3, -0.25) is 9.59 Å². The first-order valence-corrected chi connectivity index (χ1v) is 11.7. The van der Waals surface area contributed by atoms with Crippen molar-refractivity contribution in [1.29, 1.82) is 0 Å². The van der Waals surface area contributed by atoms with Gasteiger partial charge >= 0.3 is 0 Å². The molecule has 1 aliphatic rings. The normalized spacial score (nSPS) is 14.0. The molecule has 0 saturated heterocycles. The number of anilines is 1. The Balaban J connectivity index is 1.40. The first kappa shape index (κ1) is 22.0. The zero-order valence-electron chi connectivity index (χ0n) is 18.5. The summed E-state index contributed by atoms with van der Waals surface area (Å²) in [6.45, 7) is 6.37. The molecule has 0 spiro atoms. The van der Waals surface area contributed by atoms with Crippen LogP contribution in [0.2, 0.25) is 0 Å². The summed E-state index contributed by atoms with van der Waals surface area (Å²) in [6, 6.07) is 15.2. The first-order valence-electron chi connectivity index (χ1n) is 10.9. The summed E-state index contributed by atoms with van der Waals surface area (Å²) >= 11 is 1.38. The minimum Gasteiger partial charge on any atom is -0.494 e. The van der Waals surface area contributed by atoms with E-state index in [1.807, 2.05) is 69.3 Å². The molecule has 32 heavy (non-hydrogen) atoms. The molecule has 1 aliphatic carbocycles. The molecule has 1 saturated carbocycles. The van der Waals surface area contributed by atoms with Crippen molar-refractivity contribution in [2.75, 3.05) is 11.9 Å². The number of nitrogens with zero attached hydrogens (tertiary/aromatic N) is 1. The maximum absolute atomic E-state index is 12.9. The van der Waals surface area contributed by atoms with E-state index in [0.29, 0.717) is 17.2 Å². The Morgan fingerprint density at radius 2 is 1.81 bits per heavy atom. The molecule has 1 unspecified atom stereocenters. The molecule has 2 amide bonds. The summed E-state index contributed by atoms with van der Waals surface area (Å²) in [6.07, 6.45) is 1.95. The summed E-state index contributed by atoms with van der Waals surface area (Å²) in [5.74, 6) is 0.927. The smallest absolute Gasteiger partial charge is 0.263 e. The molecule has 0 aliphatic heterocycles. The van der Waals surface area contributed by atoms with Crippen LogP contribution in [0.3, 0.4) is 0 Å². The van der Waals surface area contributed by atoms with Gasteiger partial charge in [-0.05, 0) is 75.6 Å². The number of nitrogens with one attached hydrogen (secondary N) is 2. The average Bonchev–Trinajstić information content (AvgIpc) is 3.57. The van der Waals surface area contributed by atoms with E-state index in [0.717, 1.165) is 40.4 Å². The van der Waals surface area contributed by atoms with E-state index in [1.165, 1.54) is 11.3 Å². The zero-order chi connectivity index (χ0) is 22.7. The molecule has 1 fully saturated rings. The van der Waals surface area contributed by atoms with Gasteiger partial charge in [0.1, 0.15) is 15.6 Å². The third-order valence-corrected chi connectivity index (χ3v) is 6.59. The van der Waals surface area contributed by atoms with Gasteiger partial charge in [0.25, 0.3) is 5.91 Å². The van der Waals surface area contributed by atoms with Crippen LogP contribution in [0, 0.1) is 12.8 Å². The molecular formula is C25H27N3O3S. The lowest BCUT2D eigenvalue weighted by molar-refractivity contribution is -0.117. The van der Waals surface area contributed by atoms with Crippen LogP contribution in [0.5, 0.6) is 5.75 Å².